The summed E-state index contributed by atoms with van der Waals surface area (Å²) < 4.78 is 7.08. The van der Waals surface area contributed by atoms with Crippen LogP contribution in [0.15, 0.2) is 46.3 Å². The van der Waals surface area contributed by atoms with Crippen molar-refractivity contribution < 1.29 is 14.1 Å². The molecule has 6 rings (SSSR count). The molecule has 0 bridgehead atoms. The Morgan fingerprint density at radius 2 is 1.82 bits per heavy atom. The van der Waals surface area contributed by atoms with Gasteiger partial charge in [0.05, 0.1) is 10.4 Å². The lowest BCUT2D eigenvalue weighted by Crippen LogP contribution is -2.38. The average Bonchev–Trinajstić information content (AvgIpc) is 3.67. The van der Waals surface area contributed by atoms with Gasteiger partial charge in [-0.2, -0.15) is 5.10 Å². The Morgan fingerprint density at radius 1 is 1.07 bits per heavy atom. The minimum Gasteiger partial charge on any atom is -0.360 e. The van der Waals surface area contributed by atoms with Gasteiger partial charge in [-0.05, 0) is 45.2 Å². The standard InChI is InChI=1S/C29H29N7O3S/c1-16-14-17(2)30-26-22(16)25(33-35(26)4)32-27(37)21-15-40-28(31-21)20-10-12-36(13-11-20)29(38)23-18(3)39-34-24(23)19-8-6-5-7-9-19/h5-9,14-15,20H,10-13H2,1-4H3,(H,32,33,37). The zero-order valence-corrected chi connectivity index (χ0v) is 23.6. The number of piperidine rings is 1. The Hall–Kier alpha value is -4.38. The Morgan fingerprint density at radius 3 is 2.58 bits per heavy atom. The number of nitrogens with zero attached hydrogens (tertiary/aromatic N) is 6. The quantitative estimate of drug-likeness (QED) is 0.313. The number of nitrogens with one attached hydrogen (secondary N) is 1. The molecule has 0 atom stereocenters. The summed E-state index contributed by atoms with van der Waals surface area (Å²) in [6, 6.07) is 11.6. The molecule has 11 heteroatoms. The van der Waals surface area contributed by atoms with Crippen molar-refractivity contribution in [3.05, 3.63) is 75.1 Å². The van der Waals surface area contributed by atoms with E-state index in [4.69, 9.17) is 4.52 Å². The Kier molecular flexibility index (Phi) is 6.67. The molecule has 0 unspecified atom stereocenters. The number of aromatic nitrogens is 5. The van der Waals surface area contributed by atoms with Gasteiger partial charge in [0.25, 0.3) is 11.8 Å². The molecule has 10 nitrogen and oxygen atoms in total. The van der Waals surface area contributed by atoms with Crippen LogP contribution in [0.4, 0.5) is 5.82 Å². The number of hydrogen-bond donors (Lipinski definition) is 1. The van der Waals surface area contributed by atoms with Gasteiger partial charge in [0.1, 0.15) is 22.7 Å². The minimum absolute atomic E-state index is 0.0715. The number of benzene rings is 1. The van der Waals surface area contributed by atoms with Gasteiger partial charge in [-0.25, -0.2) is 14.6 Å². The number of likely N-dealkylation sites (tertiary alicyclic amines) is 1. The van der Waals surface area contributed by atoms with E-state index in [1.165, 1.54) is 11.3 Å². The smallest absolute Gasteiger partial charge is 0.276 e. The van der Waals surface area contributed by atoms with Crippen LogP contribution in [0.1, 0.15) is 61.6 Å². The highest BCUT2D eigenvalue weighted by molar-refractivity contribution is 7.10. The van der Waals surface area contributed by atoms with Gasteiger partial charge in [-0.3, -0.25) is 9.59 Å². The summed E-state index contributed by atoms with van der Waals surface area (Å²) >= 11 is 1.48. The van der Waals surface area contributed by atoms with Gasteiger partial charge in [0, 0.05) is 42.7 Å². The summed E-state index contributed by atoms with van der Waals surface area (Å²) in [4.78, 5) is 37.6. The number of hydrogen-bond acceptors (Lipinski definition) is 8. The van der Waals surface area contributed by atoms with Crippen LogP contribution in [0.25, 0.3) is 22.3 Å². The average molecular weight is 556 g/mol. The summed E-state index contributed by atoms with van der Waals surface area (Å²) in [6.45, 7) is 6.88. The first-order valence-electron chi connectivity index (χ1n) is 13.2. The number of pyridine rings is 1. The molecule has 1 aliphatic heterocycles. The van der Waals surface area contributed by atoms with Crippen molar-refractivity contribution in [3.63, 3.8) is 0 Å². The fourth-order valence-electron chi connectivity index (χ4n) is 5.33. The minimum atomic E-state index is -0.300. The van der Waals surface area contributed by atoms with Crippen molar-refractivity contribution in [2.24, 2.45) is 7.05 Å². The maximum atomic E-state index is 13.5. The van der Waals surface area contributed by atoms with Crippen LogP contribution < -0.4 is 5.32 Å². The van der Waals surface area contributed by atoms with Crippen LogP contribution in [0.3, 0.4) is 0 Å². The van der Waals surface area contributed by atoms with Crippen molar-refractivity contribution in [1.82, 2.24) is 29.8 Å². The van der Waals surface area contributed by atoms with Gasteiger partial charge in [-0.1, -0.05) is 35.5 Å². The molecule has 1 saturated heterocycles. The fraction of sp³-hybridized carbons (Fsp3) is 0.310. The number of rotatable bonds is 5. The van der Waals surface area contributed by atoms with E-state index in [0.717, 1.165) is 45.7 Å². The predicted octanol–water partition coefficient (Wildman–Crippen LogP) is 5.28. The first-order valence-corrected chi connectivity index (χ1v) is 14.1. The monoisotopic (exact) mass is 555 g/mol. The van der Waals surface area contributed by atoms with E-state index in [1.54, 1.807) is 17.0 Å². The van der Waals surface area contributed by atoms with E-state index in [-0.39, 0.29) is 17.7 Å². The molecule has 0 radical (unpaired) electrons. The molecule has 40 heavy (non-hydrogen) atoms. The number of fused-ring (bicyclic) bond motifs is 1. The van der Waals surface area contributed by atoms with Gasteiger partial charge < -0.3 is 14.7 Å². The van der Waals surface area contributed by atoms with Gasteiger partial charge in [-0.15, -0.1) is 11.3 Å². The maximum absolute atomic E-state index is 13.5. The number of thiazole rings is 1. The number of amides is 2. The van der Waals surface area contributed by atoms with Crippen LogP contribution in [-0.4, -0.2) is 54.7 Å². The first-order chi connectivity index (χ1) is 19.3. The predicted molar refractivity (Wildman–Crippen MR) is 153 cm³/mol. The second-order valence-electron chi connectivity index (χ2n) is 10.2. The van der Waals surface area contributed by atoms with E-state index in [0.29, 0.717) is 41.6 Å². The van der Waals surface area contributed by atoms with Crippen molar-refractivity contribution >= 4 is 40.0 Å². The van der Waals surface area contributed by atoms with E-state index in [1.807, 2.05) is 62.2 Å². The lowest BCUT2D eigenvalue weighted by Gasteiger charge is -2.31. The van der Waals surface area contributed by atoms with Crippen molar-refractivity contribution in [3.8, 4) is 11.3 Å². The molecule has 1 aromatic carbocycles. The second kappa shape index (κ2) is 10.3. The molecular formula is C29H29N7O3S. The molecule has 1 aliphatic rings. The highest BCUT2D eigenvalue weighted by Gasteiger charge is 2.31. The topological polar surface area (TPSA) is 119 Å². The summed E-state index contributed by atoms with van der Waals surface area (Å²) in [5.41, 5.74) is 4.93. The molecule has 1 fully saturated rings. The lowest BCUT2D eigenvalue weighted by atomic mass is 9.96. The fourth-order valence-corrected chi connectivity index (χ4v) is 6.31. The molecule has 204 valence electrons. The second-order valence-corrected chi connectivity index (χ2v) is 11.1. The normalized spacial score (nSPS) is 14.2. The molecular weight excluding hydrogens is 526 g/mol. The van der Waals surface area contributed by atoms with Gasteiger partial charge >= 0.3 is 0 Å². The van der Waals surface area contributed by atoms with Crippen LogP contribution >= 0.6 is 11.3 Å². The molecule has 4 aromatic heterocycles. The Bertz CT molecular complexity index is 1730. The van der Waals surface area contributed by atoms with Crippen LogP contribution in [0, 0.1) is 20.8 Å². The van der Waals surface area contributed by atoms with Crippen LogP contribution in [0.5, 0.6) is 0 Å². The molecule has 5 heterocycles. The third-order valence-electron chi connectivity index (χ3n) is 7.36. The highest BCUT2D eigenvalue weighted by Crippen LogP contribution is 2.33. The van der Waals surface area contributed by atoms with Crippen molar-refractivity contribution in [2.75, 3.05) is 18.4 Å². The number of carbonyl (C=O) groups is 2. The SMILES string of the molecule is Cc1cc(C)c2c(NC(=O)c3csc(C4CCN(C(=O)c5c(-c6ccccc6)noc5C)CC4)n3)nn(C)c2n1. The number of anilines is 1. The zero-order valence-electron chi connectivity index (χ0n) is 22.8. The molecule has 5 aromatic rings. The Balaban J connectivity index is 1.13. The maximum Gasteiger partial charge on any atom is 0.276 e. The van der Waals surface area contributed by atoms with E-state index in [9.17, 15) is 9.59 Å². The molecule has 0 spiro atoms. The summed E-state index contributed by atoms with van der Waals surface area (Å²) in [7, 11) is 1.81. The molecule has 1 N–H and O–H groups in total. The van der Waals surface area contributed by atoms with Crippen LogP contribution in [-0.2, 0) is 7.05 Å². The van der Waals surface area contributed by atoms with E-state index >= 15 is 0 Å². The first kappa shape index (κ1) is 25.9. The van der Waals surface area contributed by atoms with E-state index < -0.39 is 0 Å². The van der Waals surface area contributed by atoms with Gasteiger partial charge in [0.15, 0.2) is 11.5 Å². The largest absolute Gasteiger partial charge is 0.360 e. The summed E-state index contributed by atoms with van der Waals surface area (Å²) in [6.07, 6.45) is 1.53. The van der Waals surface area contributed by atoms with Gasteiger partial charge in [0.2, 0.25) is 0 Å². The highest BCUT2D eigenvalue weighted by atomic mass is 32.1. The molecule has 0 saturated carbocycles. The number of carbonyl (C=O) groups excluding carboxylic acids is 2. The van der Waals surface area contributed by atoms with Crippen molar-refractivity contribution in [1.29, 1.82) is 0 Å². The summed E-state index contributed by atoms with van der Waals surface area (Å²) in [5.74, 6) is 0.804. The summed E-state index contributed by atoms with van der Waals surface area (Å²) in [5, 5.41) is 15.1. The van der Waals surface area contributed by atoms with E-state index in [2.05, 4.69) is 25.5 Å². The lowest BCUT2D eigenvalue weighted by molar-refractivity contribution is 0.0711. The molecule has 2 amide bonds. The van der Waals surface area contributed by atoms with Crippen molar-refractivity contribution in [2.45, 2.75) is 39.5 Å². The third kappa shape index (κ3) is 4.66. The number of aryl methyl sites for hydroxylation is 4. The third-order valence-corrected chi connectivity index (χ3v) is 8.37. The zero-order chi connectivity index (χ0) is 28.0. The Labute approximate surface area is 235 Å². The van der Waals surface area contributed by atoms with Crippen LogP contribution in [0.2, 0.25) is 0 Å². The molecule has 0 aliphatic carbocycles.